The molecule has 0 aromatic rings. The normalized spacial score (nSPS) is 5.33. The van der Waals surface area contributed by atoms with E-state index in [0.29, 0.717) is 0 Å². The second-order valence-electron chi connectivity index (χ2n) is 1.08. The van der Waals surface area contributed by atoms with Crippen molar-refractivity contribution in [3.05, 3.63) is 25.3 Å². The summed E-state index contributed by atoms with van der Waals surface area (Å²) in [5.74, 6) is -1.96. The average molecular weight is 166 g/mol. The first-order valence-corrected chi connectivity index (χ1v) is 2.25. The Labute approximate surface area is 69.7 Å². The Hall–Kier alpha value is -1.71. The second kappa shape index (κ2) is 16.1. The van der Waals surface area contributed by atoms with E-state index >= 15 is 0 Å². The van der Waals surface area contributed by atoms with E-state index in [2.05, 4.69) is 13.2 Å². The summed E-state index contributed by atoms with van der Waals surface area (Å²) in [5, 5.41) is 15.2. The summed E-state index contributed by atoms with van der Waals surface area (Å²) in [6, 6.07) is 0. The first-order chi connectivity index (χ1) is 4.54. The molecular weight excluding hydrogens is 156 g/mol. The van der Waals surface area contributed by atoms with Crippen LogP contribution >= 0.6 is 0 Å². The quantitative estimate of drug-likeness (QED) is 0.548. The third-order valence-corrected chi connectivity index (χ3v) is 0.349. The molecule has 12 heavy (non-hydrogen) atoms. The van der Waals surface area contributed by atoms with Crippen LogP contribution in [-0.2, 0) is 9.59 Å². The summed E-state index contributed by atoms with van der Waals surface area (Å²) in [5.41, 5.74) is 0. The Morgan fingerprint density at radius 1 is 1.00 bits per heavy atom. The zero-order valence-corrected chi connectivity index (χ0v) is 6.49. The van der Waals surface area contributed by atoms with Crippen LogP contribution < -0.4 is 0 Å². The van der Waals surface area contributed by atoms with Crippen molar-refractivity contribution in [2.75, 3.05) is 0 Å². The molecule has 0 unspecified atom stereocenters. The summed E-state index contributed by atoms with van der Waals surface area (Å²) >= 11 is 0. The minimum absolute atomic E-state index is 0. The van der Waals surface area contributed by atoms with Crippen molar-refractivity contribution in [1.29, 1.82) is 0 Å². The Kier molecular flexibility index (Phi) is 30.2. The molecule has 0 radical (unpaired) electrons. The molecule has 0 saturated heterocycles. The van der Waals surface area contributed by atoms with Crippen LogP contribution in [0.1, 0.15) is 0 Å². The van der Waals surface area contributed by atoms with Crippen molar-refractivity contribution in [3.63, 3.8) is 0 Å². The smallest absolute Gasteiger partial charge is 0.327 e. The van der Waals surface area contributed by atoms with Gasteiger partial charge in [0.15, 0.2) is 0 Å². The van der Waals surface area contributed by atoms with Gasteiger partial charge in [0.2, 0.25) is 0 Å². The van der Waals surface area contributed by atoms with Gasteiger partial charge in [0.05, 0.1) is 0 Å². The summed E-state index contributed by atoms with van der Waals surface area (Å²) in [7, 11) is 0. The summed E-state index contributed by atoms with van der Waals surface area (Å²) in [6.45, 7) is 5.92. The predicted octanol–water partition coefficient (Wildman–Crippen LogP) is -0.311. The van der Waals surface area contributed by atoms with Gasteiger partial charge in [-0.2, -0.15) is 0 Å². The van der Waals surface area contributed by atoms with E-state index in [4.69, 9.17) is 10.2 Å². The van der Waals surface area contributed by atoms with E-state index < -0.39 is 11.9 Å². The molecule has 0 amide bonds. The van der Waals surface area contributed by atoms with Crippen LogP contribution in [0.15, 0.2) is 25.3 Å². The minimum Gasteiger partial charge on any atom is -0.478 e. The molecule has 0 aromatic heterocycles. The molecule has 0 aliphatic rings. The number of hydrogen-bond donors (Lipinski definition) is 2. The molecule has 0 saturated carbocycles. The Morgan fingerprint density at radius 2 is 1.08 bits per heavy atom. The summed E-state index contributed by atoms with van der Waals surface area (Å²) in [6.07, 6.45) is 1.67. The topological polar surface area (TPSA) is 106 Å². The first-order valence-electron chi connectivity index (χ1n) is 2.25. The zero-order valence-electron chi connectivity index (χ0n) is 6.49. The van der Waals surface area contributed by atoms with Crippen molar-refractivity contribution in [1.82, 2.24) is 0 Å². The van der Waals surface area contributed by atoms with Gasteiger partial charge in [0.1, 0.15) is 0 Å². The van der Waals surface area contributed by atoms with Crippen molar-refractivity contribution >= 4 is 11.9 Å². The maximum atomic E-state index is 9.25. The minimum atomic E-state index is -0.981. The number of carboxylic acid groups (broad SMARTS) is 2. The third kappa shape index (κ3) is 84.0. The van der Waals surface area contributed by atoms with Gasteiger partial charge in [-0.15, -0.1) is 0 Å². The Bertz CT molecular complexity index is 136. The van der Waals surface area contributed by atoms with E-state index in [9.17, 15) is 9.59 Å². The van der Waals surface area contributed by atoms with Crippen LogP contribution in [0.2, 0.25) is 0 Å². The third-order valence-electron chi connectivity index (χ3n) is 0.349. The van der Waals surface area contributed by atoms with Crippen LogP contribution in [-0.4, -0.2) is 27.6 Å². The number of rotatable bonds is 2. The number of hydrogen-bond acceptors (Lipinski definition) is 2. The molecule has 0 aromatic carbocycles. The van der Waals surface area contributed by atoms with Crippen molar-refractivity contribution in [2.45, 2.75) is 0 Å². The molecule has 4 N–H and O–H groups in total. The number of carboxylic acids is 2. The maximum absolute atomic E-state index is 9.25. The molecule has 6 heteroatoms. The van der Waals surface area contributed by atoms with Gasteiger partial charge in [-0.1, -0.05) is 13.2 Å². The molecule has 0 fully saturated rings. The predicted molar refractivity (Wildman–Crippen MR) is 39.3 cm³/mol. The van der Waals surface area contributed by atoms with Gasteiger partial charge in [-0.25, -0.2) is 9.59 Å². The van der Waals surface area contributed by atoms with Crippen LogP contribution in [0.4, 0.5) is 0 Å². The van der Waals surface area contributed by atoms with Gasteiger partial charge >= 0.3 is 11.9 Å². The fraction of sp³-hybridized carbons (Fsp3) is 0. The first kappa shape index (κ1) is 22.4. The molecule has 0 atom stereocenters. The molecule has 0 rings (SSSR count). The van der Waals surface area contributed by atoms with Crippen molar-refractivity contribution in [2.24, 2.45) is 0 Å². The largest absolute Gasteiger partial charge is 0.478 e. The van der Waals surface area contributed by atoms with Gasteiger partial charge in [-0.3, -0.25) is 0 Å². The van der Waals surface area contributed by atoms with Gasteiger partial charge in [-0.05, 0) is 0 Å². The van der Waals surface area contributed by atoms with E-state index in [-0.39, 0.29) is 11.6 Å². The van der Waals surface area contributed by atoms with Crippen LogP contribution in [0, 0.1) is 6.15 Å². The fourth-order valence-electron chi connectivity index (χ4n) is 0. The maximum Gasteiger partial charge on any atom is 0.327 e. The Morgan fingerprint density at radius 3 is 1.08 bits per heavy atom. The number of carbonyl (C=O) groups is 2. The second-order valence-corrected chi connectivity index (χ2v) is 1.08. The van der Waals surface area contributed by atoms with Gasteiger partial charge in [0, 0.05) is 18.3 Å². The SMILES string of the molecule is C=CC(=O)O.C=CC(=O)O.O.[He]. The summed E-state index contributed by atoms with van der Waals surface area (Å²) < 4.78 is 0. The van der Waals surface area contributed by atoms with E-state index in [1.165, 1.54) is 0 Å². The summed E-state index contributed by atoms with van der Waals surface area (Å²) in [4.78, 5) is 18.5. The van der Waals surface area contributed by atoms with E-state index in [1.54, 1.807) is 0 Å². The standard InChI is InChI=1S/2C3H4O2.He.H2O/c2*1-2-3(4)5;;/h2*2H,1H2,(H,4,5);;1H2. The van der Waals surface area contributed by atoms with E-state index in [1.807, 2.05) is 0 Å². The Balaban J connectivity index is -0.0000000457. The molecular formula is C6H10HeO5. The average Bonchev–Trinajstić information content (AvgIpc) is 1.89. The zero-order chi connectivity index (χ0) is 8.57. The molecule has 66 valence electrons. The van der Waals surface area contributed by atoms with Crippen LogP contribution in [0.3, 0.4) is 0 Å². The molecule has 0 heterocycles. The monoisotopic (exact) mass is 166 g/mol. The fourth-order valence-corrected chi connectivity index (χ4v) is 0. The van der Waals surface area contributed by atoms with Gasteiger partial charge < -0.3 is 15.7 Å². The van der Waals surface area contributed by atoms with Crippen LogP contribution in [0.25, 0.3) is 0 Å². The van der Waals surface area contributed by atoms with Crippen LogP contribution in [0.5, 0.6) is 0 Å². The van der Waals surface area contributed by atoms with Gasteiger partial charge in [0.25, 0.3) is 0 Å². The molecule has 5 nitrogen and oxygen atoms in total. The molecule has 0 aliphatic carbocycles. The van der Waals surface area contributed by atoms with Crippen molar-refractivity contribution in [3.8, 4) is 0 Å². The van der Waals surface area contributed by atoms with E-state index in [0.717, 1.165) is 12.2 Å². The van der Waals surface area contributed by atoms with Crippen molar-refractivity contribution < 1.29 is 31.4 Å². The molecule has 0 spiro atoms. The molecule has 0 bridgehead atoms. The molecule has 0 aliphatic heterocycles. The number of aliphatic carboxylic acids is 2.